The van der Waals surface area contributed by atoms with Gasteiger partial charge in [-0.3, -0.25) is 0 Å². The third-order valence-corrected chi connectivity index (χ3v) is 11.2. The van der Waals surface area contributed by atoms with E-state index in [1.54, 1.807) is 0 Å². The van der Waals surface area contributed by atoms with Crippen LogP contribution in [0.2, 0.25) is 0 Å². The maximum absolute atomic E-state index is 5.83. The smallest absolute Gasteiger partial charge is 0.147 e. The van der Waals surface area contributed by atoms with Crippen LogP contribution in [-0.2, 0) is 16.1 Å². The second-order valence-corrected chi connectivity index (χ2v) is 12.9. The molecule has 0 radical (unpaired) electrons. The molecule has 0 N–H and O–H groups in total. The Bertz CT molecular complexity index is 1080. The number of hydrogen-bond acceptors (Lipinski definition) is 2. The van der Waals surface area contributed by atoms with Crippen LogP contribution >= 0.6 is 7.26 Å². The summed E-state index contributed by atoms with van der Waals surface area (Å²) >= 11 is 0. The number of rotatable bonds is 14. The van der Waals surface area contributed by atoms with Crippen molar-refractivity contribution < 1.29 is 9.47 Å². The monoisotopic (exact) mass is 509 g/mol. The highest BCUT2D eigenvalue weighted by Gasteiger charge is 2.44. The summed E-state index contributed by atoms with van der Waals surface area (Å²) in [5.41, 5.74) is 1.17. The van der Waals surface area contributed by atoms with Gasteiger partial charge in [0, 0.05) is 0 Å². The number of hydrogen-bond donors (Lipinski definition) is 0. The first-order valence-corrected chi connectivity index (χ1v) is 15.2. The van der Waals surface area contributed by atoms with Crippen molar-refractivity contribution in [3.05, 3.63) is 139 Å². The molecule has 4 rings (SSSR count). The van der Waals surface area contributed by atoms with Crippen molar-refractivity contribution in [1.82, 2.24) is 0 Å². The molecule has 0 aromatic heterocycles. The summed E-state index contributed by atoms with van der Waals surface area (Å²) in [6.07, 6.45) is 8.95. The molecule has 0 saturated carbocycles. The van der Waals surface area contributed by atoms with E-state index in [2.05, 4.69) is 122 Å². The van der Waals surface area contributed by atoms with E-state index in [1.165, 1.54) is 21.5 Å². The van der Waals surface area contributed by atoms with Gasteiger partial charge in [-0.05, 0) is 68.1 Å². The molecule has 190 valence electrons. The lowest BCUT2D eigenvalue weighted by Gasteiger charge is -2.27. The molecule has 3 heteroatoms. The average molecular weight is 510 g/mol. The maximum atomic E-state index is 5.83. The lowest BCUT2D eigenvalue weighted by Crippen LogP contribution is -2.33. The molecule has 0 unspecified atom stereocenters. The molecule has 4 aromatic rings. The summed E-state index contributed by atoms with van der Waals surface area (Å²) in [7, 11) is -1.74. The molecule has 0 fully saturated rings. The first-order chi connectivity index (χ1) is 18.3. The minimum atomic E-state index is -1.74. The minimum Gasteiger partial charge on any atom is -0.352 e. The van der Waals surface area contributed by atoms with Crippen LogP contribution in [0.5, 0.6) is 0 Å². The molecule has 0 aliphatic rings. The third kappa shape index (κ3) is 7.73. The van der Waals surface area contributed by atoms with Gasteiger partial charge < -0.3 is 9.47 Å². The Kier molecular flexibility index (Phi) is 10.7. The van der Waals surface area contributed by atoms with Crippen molar-refractivity contribution >= 4 is 23.2 Å². The van der Waals surface area contributed by atoms with E-state index in [9.17, 15) is 0 Å². The molecule has 0 bridgehead atoms. The SMILES string of the molecule is C[C@H](C/C=C/CCC[P+](c1ccccc1)(c1ccccc1)c1ccccc1)OCOCc1ccccc1. The molecule has 0 aliphatic carbocycles. The Hall–Kier alpha value is -3.03. The molecule has 1 atom stereocenters. The van der Waals surface area contributed by atoms with Crippen LogP contribution < -0.4 is 15.9 Å². The summed E-state index contributed by atoms with van der Waals surface area (Å²) in [6.45, 7) is 3.01. The normalized spacial score (nSPS) is 12.6. The van der Waals surface area contributed by atoms with Gasteiger partial charge in [-0.25, -0.2) is 0 Å². The van der Waals surface area contributed by atoms with Crippen molar-refractivity contribution in [2.45, 2.75) is 38.9 Å². The van der Waals surface area contributed by atoms with Gasteiger partial charge in [0.1, 0.15) is 30.0 Å². The molecule has 37 heavy (non-hydrogen) atoms. The second-order valence-electron chi connectivity index (χ2n) is 9.32. The third-order valence-electron chi connectivity index (χ3n) is 6.64. The summed E-state index contributed by atoms with van der Waals surface area (Å²) in [5.74, 6) is 0. The van der Waals surface area contributed by atoms with Crippen LogP contribution in [0.15, 0.2) is 133 Å². The molecule has 0 heterocycles. The Morgan fingerprint density at radius 3 is 1.65 bits per heavy atom. The van der Waals surface area contributed by atoms with Gasteiger partial charge in [-0.2, -0.15) is 0 Å². The molecule has 4 aromatic carbocycles. The summed E-state index contributed by atoms with van der Waals surface area (Å²) in [6, 6.07) is 43.6. The molecule has 0 saturated heterocycles. The molecule has 0 spiro atoms. The largest absolute Gasteiger partial charge is 0.352 e. The number of benzene rings is 4. The highest BCUT2D eigenvalue weighted by atomic mass is 31.2. The molecule has 0 amide bonds. The Labute approximate surface area is 223 Å². The van der Waals surface area contributed by atoms with Crippen molar-refractivity contribution in [2.75, 3.05) is 13.0 Å². The standard InChI is InChI=1S/C34H38O2P/c1-30(36-29-35-28-31-19-9-4-10-20-31)18-8-2-3-17-27-37(32-21-11-5-12-22-32,33-23-13-6-14-24-33)34-25-15-7-16-26-34/h2,4-16,19-26,30H,3,17-18,27-29H2,1H3/q+1/b8-2+/t30-/m1/s1. The van der Waals surface area contributed by atoms with Crippen molar-refractivity contribution in [2.24, 2.45) is 0 Å². The zero-order chi connectivity index (χ0) is 25.6. The lowest BCUT2D eigenvalue weighted by atomic mass is 10.2. The van der Waals surface area contributed by atoms with E-state index >= 15 is 0 Å². The number of allylic oxidation sites excluding steroid dienone is 1. The maximum Gasteiger partial charge on any atom is 0.147 e. The van der Waals surface area contributed by atoms with Crippen molar-refractivity contribution in [3.63, 3.8) is 0 Å². The van der Waals surface area contributed by atoms with Crippen LogP contribution in [0.1, 0.15) is 31.7 Å². The topological polar surface area (TPSA) is 18.5 Å². The van der Waals surface area contributed by atoms with E-state index in [4.69, 9.17) is 9.47 Å². The zero-order valence-electron chi connectivity index (χ0n) is 21.8. The average Bonchev–Trinajstić information content (AvgIpc) is 2.97. The predicted octanol–water partition coefficient (Wildman–Crippen LogP) is 7.29. The van der Waals surface area contributed by atoms with Crippen LogP contribution in [0, 0.1) is 0 Å². The van der Waals surface area contributed by atoms with Gasteiger partial charge in [0.25, 0.3) is 0 Å². The van der Waals surface area contributed by atoms with Crippen LogP contribution in [-0.4, -0.2) is 19.1 Å². The van der Waals surface area contributed by atoms with Gasteiger partial charge in [0.05, 0.1) is 18.9 Å². The van der Waals surface area contributed by atoms with E-state index in [0.29, 0.717) is 13.4 Å². The fourth-order valence-electron chi connectivity index (χ4n) is 4.70. The van der Waals surface area contributed by atoms with Gasteiger partial charge in [-0.15, -0.1) is 0 Å². The quantitative estimate of drug-likeness (QED) is 0.0769. The van der Waals surface area contributed by atoms with Crippen LogP contribution in [0.25, 0.3) is 0 Å². The van der Waals surface area contributed by atoms with Crippen LogP contribution in [0.4, 0.5) is 0 Å². The Morgan fingerprint density at radius 1 is 0.649 bits per heavy atom. The summed E-state index contributed by atoms with van der Waals surface area (Å²) in [5, 5.41) is 4.36. The van der Waals surface area contributed by atoms with Gasteiger partial charge in [0.2, 0.25) is 0 Å². The van der Waals surface area contributed by atoms with E-state index in [1.807, 2.05) is 18.2 Å². The molecule has 2 nitrogen and oxygen atoms in total. The highest BCUT2D eigenvalue weighted by Crippen LogP contribution is 2.55. The fraction of sp³-hybridized carbons (Fsp3) is 0.235. The number of unbranched alkanes of at least 4 members (excludes halogenated alkanes) is 1. The van der Waals surface area contributed by atoms with E-state index in [0.717, 1.165) is 25.4 Å². The number of ether oxygens (including phenoxy) is 2. The van der Waals surface area contributed by atoms with E-state index in [-0.39, 0.29) is 6.10 Å². The van der Waals surface area contributed by atoms with Gasteiger partial charge >= 0.3 is 0 Å². The van der Waals surface area contributed by atoms with Crippen molar-refractivity contribution in [3.8, 4) is 0 Å². The fourth-order valence-corrected chi connectivity index (χ4v) is 9.07. The van der Waals surface area contributed by atoms with E-state index < -0.39 is 7.26 Å². The molecular formula is C34H38O2P+. The predicted molar refractivity (Wildman–Crippen MR) is 160 cm³/mol. The Morgan fingerprint density at radius 2 is 1.14 bits per heavy atom. The lowest BCUT2D eigenvalue weighted by molar-refractivity contribution is -0.0893. The first kappa shape index (κ1) is 27.0. The van der Waals surface area contributed by atoms with Gasteiger partial charge in [-0.1, -0.05) is 97.1 Å². The summed E-state index contributed by atoms with van der Waals surface area (Å²) < 4.78 is 11.5. The van der Waals surface area contributed by atoms with Crippen molar-refractivity contribution in [1.29, 1.82) is 0 Å². The van der Waals surface area contributed by atoms with Crippen LogP contribution in [0.3, 0.4) is 0 Å². The second kappa shape index (κ2) is 14.6. The molecular weight excluding hydrogens is 471 g/mol. The first-order valence-electron chi connectivity index (χ1n) is 13.2. The zero-order valence-corrected chi connectivity index (χ0v) is 22.7. The summed E-state index contributed by atoms with van der Waals surface area (Å²) in [4.78, 5) is 0. The molecule has 0 aliphatic heterocycles. The van der Waals surface area contributed by atoms with Gasteiger partial charge in [0.15, 0.2) is 0 Å². The highest BCUT2D eigenvalue weighted by molar-refractivity contribution is 7.95. The minimum absolute atomic E-state index is 0.136. The Balaban J connectivity index is 1.34.